The van der Waals surface area contributed by atoms with Crippen LogP contribution in [0.2, 0.25) is 0 Å². The van der Waals surface area contributed by atoms with Gasteiger partial charge in [0.25, 0.3) is 0 Å². The number of nitrogens with zero attached hydrogens (tertiary/aromatic N) is 2. The fourth-order valence-electron chi connectivity index (χ4n) is 6.96. The molecule has 0 atom stereocenters. The van der Waals surface area contributed by atoms with Crippen LogP contribution in [-0.2, 0) is 0 Å². The molecule has 0 aromatic heterocycles. The molecule has 2 nitrogen and oxygen atoms in total. The van der Waals surface area contributed by atoms with Crippen molar-refractivity contribution in [1.82, 2.24) is 0 Å². The number of anilines is 6. The Kier molecular flexibility index (Phi) is 7.04. The van der Waals surface area contributed by atoms with Crippen LogP contribution in [0.25, 0.3) is 44.5 Å². The molecule has 0 saturated carbocycles. The molecule has 0 aliphatic carbocycles. The molecular formula is C54H40N2. The summed E-state index contributed by atoms with van der Waals surface area (Å²) < 4.78 is 82.9. The minimum absolute atomic E-state index is 0.150. The van der Waals surface area contributed by atoms with Gasteiger partial charge in [0, 0.05) is 34.1 Å². The third-order valence-electron chi connectivity index (χ3n) is 9.64. The Morgan fingerprint density at radius 1 is 0.250 bits per heavy atom. The van der Waals surface area contributed by atoms with Crippen LogP contribution in [0.4, 0.5) is 34.1 Å². The van der Waals surface area contributed by atoms with E-state index in [0.717, 1.165) is 56.4 Å². The summed E-state index contributed by atoms with van der Waals surface area (Å²) in [5, 5.41) is 0. The van der Waals surface area contributed by atoms with Crippen LogP contribution in [0.3, 0.4) is 0 Å². The largest absolute Gasteiger partial charge is 0.311 e. The van der Waals surface area contributed by atoms with Gasteiger partial charge in [-0.15, -0.1) is 0 Å². The lowest BCUT2D eigenvalue weighted by Gasteiger charge is -2.27. The molecule has 9 aromatic rings. The predicted octanol–water partition coefficient (Wildman–Crippen LogP) is 15.3. The summed E-state index contributed by atoms with van der Waals surface area (Å²) in [5.41, 5.74) is 10.6. The molecule has 56 heavy (non-hydrogen) atoms. The lowest BCUT2D eigenvalue weighted by Crippen LogP contribution is -2.10. The van der Waals surface area contributed by atoms with E-state index in [1.165, 1.54) is 0 Å². The second-order valence-corrected chi connectivity index (χ2v) is 13.1. The van der Waals surface area contributed by atoms with Crippen LogP contribution < -0.4 is 9.80 Å². The van der Waals surface area contributed by atoms with Crippen LogP contribution in [0.1, 0.15) is 13.7 Å². The van der Waals surface area contributed by atoms with Crippen LogP contribution in [0, 0.1) is 0 Å². The Hall–Kier alpha value is -7.42. The lowest BCUT2D eigenvalue weighted by molar-refractivity contribution is 1.28. The maximum atomic E-state index is 8.54. The molecular weight excluding hydrogens is 677 g/mol. The van der Waals surface area contributed by atoms with Gasteiger partial charge in [-0.3, -0.25) is 0 Å². The summed E-state index contributed by atoms with van der Waals surface area (Å²) >= 11 is 0. The van der Waals surface area contributed by atoms with E-state index in [1.54, 1.807) is 24.3 Å². The third kappa shape index (κ3) is 7.24. The highest BCUT2D eigenvalue weighted by atomic mass is 15.1. The van der Waals surface area contributed by atoms with E-state index < -0.39 is 12.1 Å². The Morgan fingerprint density at radius 3 is 1.04 bits per heavy atom. The number of rotatable bonds is 10. The molecule has 9 rings (SSSR count). The zero-order chi connectivity index (χ0) is 46.2. The molecule has 0 unspecified atom stereocenters. The predicted molar refractivity (Wildman–Crippen MR) is 238 cm³/mol. The quantitative estimate of drug-likeness (QED) is 0.138. The number of hydrogen-bond acceptors (Lipinski definition) is 2. The first-order valence-corrected chi connectivity index (χ1v) is 18.3. The SMILES string of the molecule is [2H]c1c([2H])c([2H])c(-c2ccc(N(c3ccccc3)c3ccc(-c4ccc(N(c5ccccc5)c5ccc(-c6c([2H])c([2H])c([2H])c([2H])c6[2H])cc5)cc4-c4ccccc4)cc3)cc2)c([2H])c1[2H]. The van der Waals surface area contributed by atoms with Crippen molar-refractivity contribution in [3.05, 3.63) is 242 Å². The van der Waals surface area contributed by atoms with E-state index in [1.807, 2.05) is 103 Å². The van der Waals surface area contributed by atoms with Crippen LogP contribution in [0.15, 0.2) is 242 Å². The van der Waals surface area contributed by atoms with Gasteiger partial charge in [0.05, 0.1) is 13.7 Å². The molecule has 266 valence electrons. The van der Waals surface area contributed by atoms with E-state index in [-0.39, 0.29) is 59.5 Å². The topological polar surface area (TPSA) is 6.48 Å². The first-order valence-electron chi connectivity index (χ1n) is 23.3. The normalized spacial score (nSPS) is 13.4. The number of para-hydroxylation sites is 2. The molecule has 0 bridgehead atoms. The van der Waals surface area contributed by atoms with Crippen molar-refractivity contribution >= 4 is 34.1 Å². The van der Waals surface area contributed by atoms with Crippen LogP contribution in [-0.4, -0.2) is 0 Å². The second-order valence-electron chi connectivity index (χ2n) is 13.1. The highest BCUT2D eigenvalue weighted by molar-refractivity contribution is 5.90. The summed E-state index contributed by atoms with van der Waals surface area (Å²) in [6, 6.07) is 56.2. The lowest BCUT2D eigenvalue weighted by atomic mass is 9.93. The van der Waals surface area contributed by atoms with Crippen molar-refractivity contribution in [2.24, 2.45) is 0 Å². The fourth-order valence-corrected chi connectivity index (χ4v) is 6.96. The maximum Gasteiger partial charge on any atom is 0.0629 e. The van der Waals surface area contributed by atoms with Crippen molar-refractivity contribution in [3.8, 4) is 44.5 Å². The third-order valence-corrected chi connectivity index (χ3v) is 9.64. The molecule has 0 fully saturated rings. The van der Waals surface area contributed by atoms with E-state index in [4.69, 9.17) is 13.7 Å². The zero-order valence-electron chi connectivity index (χ0n) is 40.2. The second kappa shape index (κ2) is 15.9. The minimum Gasteiger partial charge on any atom is -0.311 e. The molecule has 0 aliphatic rings. The summed E-state index contributed by atoms with van der Waals surface area (Å²) in [6.07, 6.45) is 0. The Bertz CT molecular complexity index is 3160. The standard InChI is InChI=1S/C54H40N2/c1-6-16-41(17-7-1)43-26-32-49(33-27-43)55(47-22-12-4-13-23-47)50-36-30-46(31-37-50)53-39-38-52(40-54(53)45-20-10-3-11-21-45)56(48-24-14-5-15-25-48)51-34-28-44(29-35-51)42-18-8-2-9-19-42/h1-40H/i1D,2D,6D,7D,8D,9D,16D,17D,18D,19D. The van der Waals surface area contributed by atoms with E-state index >= 15 is 0 Å². The fraction of sp³-hybridized carbons (Fsp3) is 0. The van der Waals surface area contributed by atoms with Gasteiger partial charge in [-0.25, -0.2) is 0 Å². The van der Waals surface area contributed by atoms with Crippen molar-refractivity contribution in [2.75, 3.05) is 9.80 Å². The van der Waals surface area contributed by atoms with Crippen molar-refractivity contribution in [1.29, 1.82) is 0 Å². The Labute approximate surface area is 343 Å². The van der Waals surface area contributed by atoms with Crippen molar-refractivity contribution in [3.63, 3.8) is 0 Å². The minimum atomic E-state index is -0.427. The van der Waals surface area contributed by atoms with Gasteiger partial charge in [-0.2, -0.15) is 0 Å². The summed E-state index contributed by atoms with van der Waals surface area (Å²) in [4.78, 5) is 4.24. The monoisotopic (exact) mass is 726 g/mol. The van der Waals surface area contributed by atoms with E-state index in [2.05, 4.69) is 64.4 Å². The highest BCUT2D eigenvalue weighted by Gasteiger charge is 2.18. The van der Waals surface area contributed by atoms with Gasteiger partial charge in [0.2, 0.25) is 0 Å². The van der Waals surface area contributed by atoms with Gasteiger partial charge in [0.1, 0.15) is 0 Å². The van der Waals surface area contributed by atoms with E-state index in [0.29, 0.717) is 11.1 Å². The first kappa shape index (κ1) is 24.8. The number of hydrogen-bond donors (Lipinski definition) is 0. The molecule has 9 aromatic carbocycles. The van der Waals surface area contributed by atoms with Crippen molar-refractivity contribution < 1.29 is 13.7 Å². The summed E-state index contributed by atoms with van der Waals surface area (Å²) in [6.45, 7) is 0. The molecule has 2 heteroatoms. The molecule has 0 heterocycles. The van der Waals surface area contributed by atoms with Gasteiger partial charge < -0.3 is 9.80 Å². The average Bonchev–Trinajstić information content (AvgIpc) is 3.36. The smallest absolute Gasteiger partial charge is 0.0629 e. The molecule has 0 radical (unpaired) electrons. The van der Waals surface area contributed by atoms with Gasteiger partial charge in [-0.1, -0.05) is 170 Å². The first-order chi connectivity index (χ1) is 31.9. The van der Waals surface area contributed by atoms with E-state index in [9.17, 15) is 0 Å². The molecule has 0 saturated heterocycles. The molecule has 0 aliphatic heterocycles. The number of benzene rings is 9. The Balaban J connectivity index is 1.10. The van der Waals surface area contributed by atoms with Crippen LogP contribution >= 0.6 is 0 Å². The molecule has 0 N–H and O–H groups in total. The summed E-state index contributed by atoms with van der Waals surface area (Å²) in [7, 11) is 0. The van der Waals surface area contributed by atoms with Gasteiger partial charge >= 0.3 is 0 Å². The highest BCUT2D eigenvalue weighted by Crippen LogP contribution is 2.42. The molecule has 0 spiro atoms. The maximum absolute atomic E-state index is 8.54. The summed E-state index contributed by atoms with van der Waals surface area (Å²) in [5.74, 6) is 0. The van der Waals surface area contributed by atoms with Gasteiger partial charge in [-0.05, 0) is 117 Å². The van der Waals surface area contributed by atoms with Crippen LogP contribution in [0.5, 0.6) is 0 Å². The van der Waals surface area contributed by atoms with Gasteiger partial charge in [0.15, 0.2) is 0 Å². The van der Waals surface area contributed by atoms with Crippen molar-refractivity contribution in [2.45, 2.75) is 0 Å². The Morgan fingerprint density at radius 2 is 0.589 bits per heavy atom. The average molecular weight is 727 g/mol. The molecule has 0 amide bonds. The zero-order valence-corrected chi connectivity index (χ0v) is 30.2.